The summed E-state index contributed by atoms with van der Waals surface area (Å²) in [6.07, 6.45) is 2.47. The van der Waals surface area contributed by atoms with Gasteiger partial charge in [0.05, 0.1) is 6.54 Å². The van der Waals surface area contributed by atoms with Gasteiger partial charge >= 0.3 is 0 Å². The monoisotopic (exact) mass is 354 g/mol. The van der Waals surface area contributed by atoms with Crippen molar-refractivity contribution in [2.45, 2.75) is 58.7 Å². The molecule has 4 nitrogen and oxygen atoms in total. The van der Waals surface area contributed by atoms with Crippen LogP contribution in [0.1, 0.15) is 40.5 Å². The fourth-order valence-electron chi connectivity index (χ4n) is 1.88. The highest BCUT2D eigenvalue weighted by atomic mass is 127. The molecule has 102 valence electrons. The molecule has 0 spiro atoms. The lowest BCUT2D eigenvalue weighted by molar-refractivity contribution is 0.181. The highest BCUT2D eigenvalue weighted by Gasteiger charge is 2.21. The maximum absolute atomic E-state index is 5.77. The molecule has 1 fully saturated rings. The van der Waals surface area contributed by atoms with Crippen molar-refractivity contribution in [1.82, 2.24) is 10.2 Å². The Morgan fingerprint density at radius 3 is 2.24 bits per heavy atom. The lowest BCUT2D eigenvalue weighted by Gasteiger charge is -2.29. The number of guanidine groups is 1. The second-order valence-corrected chi connectivity index (χ2v) is 5.11. The van der Waals surface area contributed by atoms with Gasteiger partial charge in [-0.25, -0.2) is 0 Å². The maximum atomic E-state index is 5.77. The van der Waals surface area contributed by atoms with Crippen molar-refractivity contribution >= 4 is 29.9 Å². The second-order valence-electron chi connectivity index (χ2n) is 5.11. The summed E-state index contributed by atoms with van der Waals surface area (Å²) in [7, 11) is 0. The van der Waals surface area contributed by atoms with Gasteiger partial charge in [0.2, 0.25) is 0 Å². The standard InChI is InChI=1S/C12H26N4.HI/c1-9(2)16(10(3)4)8-7-14-12(13)15-11-5-6-11;/h9-11H,5-8H2,1-4H3,(H3,13,14,15);1H. The van der Waals surface area contributed by atoms with Crippen LogP contribution in [0.5, 0.6) is 0 Å². The van der Waals surface area contributed by atoms with E-state index in [2.05, 4.69) is 42.9 Å². The second kappa shape index (κ2) is 8.13. The molecule has 0 radical (unpaired) electrons. The zero-order valence-electron chi connectivity index (χ0n) is 11.4. The number of hydrogen-bond acceptors (Lipinski definition) is 2. The predicted molar refractivity (Wildman–Crippen MR) is 85.0 cm³/mol. The van der Waals surface area contributed by atoms with Crippen LogP contribution in [-0.4, -0.2) is 42.1 Å². The van der Waals surface area contributed by atoms with E-state index in [1.54, 1.807) is 0 Å². The fourth-order valence-corrected chi connectivity index (χ4v) is 1.88. The first-order chi connectivity index (χ1) is 7.50. The number of halogens is 1. The first kappa shape index (κ1) is 17.0. The van der Waals surface area contributed by atoms with E-state index in [-0.39, 0.29) is 24.0 Å². The molecule has 1 aliphatic carbocycles. The topological polar surface area (TPSA) is 53.6 Å². The Kier molecular flexibility index (Phi) is 8.11. The maximum Gasteiger partial charge on any atom is 0.188 e. The minimum absolute atomic E-state index is 0. The third kappa shape index (κ3) is 7.08. The minimum atomic E-state index is 0. The van der Waals surface area contributed by atoms with E-state index in [0.29, 0.717) is 24.1 Å². The average molecular weight is 354 g/mol. The Hall–Kier alpha value is -0.0400. The van der Waals surface area contributed by atoms with Crippen LogP contribution in [0.15, 0.2) is 4.99 Å². The molecule has 3 N–H and O–H groups in total. The summed E-state index contributed by atoms with van der Waals surface area (Å²) >= 11 is 0. The Morgan fingerprint density at radius 2 is 1.82 bits per heavy atom. The molecule has 1 rings (SSSR count). The summed E-state index contributed by atoms with van der Waals surface area (Å²) in [5.41, 5.74) is 5.77. The lowest BCUT2D eigenvalue weighted by atomic mass is 10.2. The molecule has 0 atom stereocenters. The molecule has 0 aromatic heterocycles. The molecular formula is C12H27IN4. The molecule has 1 saturated carbocycles. The smallest absolute Gasteiger partial charge is 0.188 e. The van der Waals surface area contributed by atoms with Gasteiger partial charge in [0.1, 0.15) is 0 Å². The Balaban J connectivity index is 0.00000256. The molecule has 0 unspecified atom stereocenters. The van der Waals surface area contributed by atoms with Gasteiger partial charge in [-0.05, 0) is 40.5 Å². The van der Waals surface area contributed by atoms with Gasteiger partial charge < -0.3 is 11.1 Å². The molecule has 5 heteroatoms. The molecule has 0 saturated heterocycles. The van der Waals surface area contributed by atoms with Crippen LogP contribution in [0.2, 0.25) is 0 Å². The van der Waals surface area contributed by atoms with Crippen LogP contribution in [0.3, 0.4) is 0 Å². The average Bonchev–Trinajstić information content (AvgIpc) is 2.94. The first-order valence-corrected chi connectivity index (χ1v) is 6.33. The minimum Gasteiger partial charge on any atom is -0.370 e. The van der Waals surface area contributed by atoms with Gasteiger partial charge in [-0.15, -0.1) is 24.0 Å². The third-order valence-electron chi connectivity index (χ3n) is 2.90. The number of nitrogens with two attached hydrogens (primary N) is 1. The first-order valence-electron chi connectivity index (χ1n) is 6.33. The number of hydrogen-bond donors (Lipinski definition) is 2. The van der Waals surface area contributed by atoms with Crippen molar-refractivity contribution in [2.24, 2.45) is 10.7 Å². The van der Waals surface area contributed by atoms with Crippen LogP contribution >= 0.6 is 24.0 Å². The molecule has 0 aromatic carbocycles. The highest BCUT2D eigenvalue weighted by molar-refractivity contribution is 14.0. The van der Waals surface area contributed by atoms with Gasteiger partial charge in [0.25, 0.3) is 0 Å². The zero-order chi connectivity index (χ0) is 12.1. The van der Waals surface area contributed by atoms with E-state index in [9.17, 15) is 0 Å². The molecule has 0 bridgehead atoms. The fraction of sp³-hybridized carbons (Fsp3) is 0.917. The molecule has 0 aliphatic heterocycles. The van der Waals surface area contributed by atoms with E-state index in [1.165, 1.54) is 12.8 Å². The van der Waals surface area contributed by atoms with E-state index < -0.39 is 0 Å². The summed E-state index contributed by atoms with van der Waals surface area (Å²) in [6, 6.07) is 1.72. The van der Waals surface area contributed by atoms with E-state index in [0.717, 1.165) is 13.1 Å². The number of rotatable bonds is 6. The summed E-state index contributed by atoms with van der Waals surface area (Å²) in [4.78, 5) is 6.78. The summed E-state index contributed by atoms with van der Waals surface area (Å²) in [6.45, 7) is 10.6. The van der Waals surface area contributed by atoms with E-state index in [4.69, 9.17) is 5.73 Å². The number of nitrogens with one attached hydrogen (secondary N) is 1. The summed E-state index contributed by atoms with van der Waals surface area (Å²) in [5, 5.41) is 3.20. The molecule has 1 aliphatic rings. The molecule has 17 heavy (non-hydrogen) atoms. The van der Waals surface area contributed by atoms with Gasteiger partial charge in [-0.2, -0.15) is 0 Å². The largest absolute Gasteiger partial charge is 0.370 e. The van der Waals surface area contributed by atoms with Crippen LogP contribution in [-0.2, 0) is 0 Å². The molecule has 0 aromatic rings. The Bertz CT molecular complexity index is 229. The summed E-state index contributed by atoms with van der Waals surface area (Å²) < 4.78 is 0. The molecule has 0 heterocycles. The zero-order valence-corrected chi connectivity index (χ0v) is 13.8. The molecular weight excluding hydrogens is 327 g/mol. The molecule has 0 amide bonds. The highest BCUT2D eigenvalue weighted by Crippen LogP contribution is 2.17. The van der Waals surface area contributed by atoms with Crippen molar-refractivity contribution in [1.29, 1.82) is 0 Å². The van der Waals surface area contributed by atoms with E-state index in [1.807, 2.05) is 0 Å². The lowest BCUT2D eigenvalue weighted by Crippen LogP contribution is -2.39. The van der Waals surface area contributed by atoms with Crippen molar-refractivity contribution in [2.75, 3.05) is 13.1 Å². The van der Waals surface area contributed by atoms with Crippen molar-refractivity contribution in [3.8, 4) is 0 Å². The van der Waals surface area contributed by atoms with E-state index >= 15 is 0 Å². The van der Waals surface area contributed by atoms with Gasteiger partial charge in [0, 0.05) is 24.7 Å². The third-order valence-corrected chi connectivity index (χ3v) is 2.90. The van der Waals surface area contributed by atoms with Gasteiger partial charge in [0.15, 0.2) is 5.96 Å². The van der Waals surface area contributed by atoms with Crippen molar-refractivity contribution in [3.63, 3.8) is 0 Å². The Labute approximate surface area is 122 Å². The Morgan fingerprint density at radius 1 is 1.29 bits per heavy atom. The quantitative estimate of drug-likeness (QED) is 0.434. The van der Waals surface area contributed by atoms with Crippen LogP contribution in [0, 0.1) is 0 Å². The van der Waals surface area contributed by atoms with Crippen LogP contribution in [0.25, 0.3) is 0 Å². The predicted octanol–water partition coefficient (Wildman–Crippen LogP) is 1.79. The SMILES string of the molecule is CC(C)N(CCN=C(N)NC1CC1)C(C)C.I. The van der Waals surface area contributed by atoms with Crippen LogP contribution < -0.4 is 11.1 Å². The summed E-state index contributed by atoms with van der Waals surface area (Å²) in [5.74, 6) is 0.606. The normalized spacial score (nSPS) is 16.5. The van der Waals surface area contributed by atoms with Crippen molar-refractivity contribution in [3.05, 3.63) is 0 Å². The number of nitrogens with zero attached hydrogens (tertiary/aromatic N) is 2. The van der Waals surface area contributed by atoms with Crippen LogP contribution in [0.4, 0.5) is 0 Å². The van der Waals surface area contributed by atoms with Gasteiger partial charge in [-0.3, -0.25) is 9.89 Å². The number of aliphatic imine (C=N–C) groups is 1. The van der Waals surface area contributed by atoms with Gasteiger partial charge in [-0.1, -0.05) is 0 Å². The van der Waals surface area contributed by atoms with Crippen molar-refractivity contribution < 1.29 is 0 Å².